The van der Waals surface area contributed by atoms with Crippen LogP contribution in [0.2, 0.25) is 0 Å². The van der Waals surface area contributed by atoms with Crippen LogP contribution in [-0.2, 0) is 9.53 Å². The van der Waals surface area contributed by atoms with E-state index in [2.05, 4.69) is 0 Å². The lowest BCUT2D eigenvalue weighted by Gasteiger charge is -2.38. The summed E-state index contributed by atoms with van der Waals surface area (Å²) in [4.78, 5) is 18.1. The van der Waals surface area contributed by atoms with Crippen LogP contribution in [0.15, 0.2) is 77.2 Å². The lowest BCUT2D eigenvalue weighted by atomic mass is 9.70. The second-order valence-electron chi connectivity index (χ2n) is 9.05. The first-order valence-corrected chi connectivity index (χ1v) is 11.4. The summed E-state index contributed by atoms with van der Waals surface area (Å²) >= 11 is 1.46. The zero-order chi connectivity index (χ0) is 22.5. The molecule has 3 aromatic rings. The summed E-state index contributed by atoms with van der Waals surface area (Å²) in [6.45, 7) is 4.10. The van der Waals surface area contributed by atoms with E-state index in [1.807, 2.05) is 49.6 Å². The molecule has 6 heteroatoms. The van der Waals surface area contributed by atoms with Gasteiger partial charge in [0.25, 0.3) is 0 Å². The molecule has 5 rings (SSSR count). The van der Waals surface area contributed by atoms with Crippen molar-refractivity contribution in [2.45, 2.75) is 32.6 Å². The number of rotatable bonds is 3. The van der Waals surface area contributed by atoms with Crippen molar-refractivity contribution >= 4 is 22.7 Å². The molecular formula is C26H23FN2O2S. The molecule has 1 aliphatic carbocycles. The number of thiazole rings is 1. The van der Waals surface area contributed by atoms with E-state index < -0.39 is 5.92 Å². The zero-order valence-electron chi connectivity index (χ0n) is 17.9. The molecule has 0 amide bonds. The van der Waals surface area contributed by atoms with Gasteiger partial charge in [0.15, 0.2) is 11.7 Å². The van der Waals surface area contributed by atoms with Crippen LogP contribution in [0.25, 0.3) is 16.8 Å². The van der Waals surface area contributed by atoms with Crippen molar-refractivity contribution in [1.82, 2.24) is 4.98 Å². The molecule has 2 aromatic carbocycles. The van der Waals surface area contributed by atoms with Crippen molar-refractivity contribution in [3.63, 3.8) is 0 Å². The van der Waals surface area contributed by atoms with Crippen LogP contribution in [0.3, 0.4) is 0 Å². The molecule has 0 radical (unpaired) electrons. The lowest BCUT2D eigenvalue weighted by Crippen LogP contribution is -2.33. The Morgan fingerprint density at radius 1 is 1.06 bits per heavy atom. The highest BCUT2D eigenvalue weighted by molar-refractivity contribution is 7.11. The smallest absolute Gasteiger partial charge is 0.197 e. The molecule has 32 heavy (non-hydrogen) atoms. The molecule has 1 aromatic heterocycles. The largest absolute Gasteiger partial charge is 0.445 e. The van der Waals surface area contributed by atoms with Gasteiger partial charge in [-0.25, -0.2) is 9.37 Å². The van der Waals surface area contributed by atoms with Gasteiger partial charge in [0.2, 0.25) is 0 Å². The van der Waals surface area contributed by atoms with E-state index >= 15 is 0 Å². The Bertz CT molecular complexity index is 1260. The topological polar surface area (TPSA) is 65.2 Å². The Morgan fingerprint density at radius 2 is 1.78 bits per heavy atom. The maximum absolute atomic E-state index is 13.7. The molecule has 0 fully saturated rings. The van der Waals surface area contributed by atoms with Gasteiger partial charge < -0.3 is 10.5 Å². The molecule has 1 atom stereocenters. The number of carbonyl (C=O) groups excluding carboxylic acids is 1. The van der Waals surface area contributed by atoms with Crippen molar-refractivity contribution in [3.8, 4) is 11.3 Å². The first-order valence-electron chi connectivity index (χ1n) is 10.5. The van der Waals surface area contributed by atoms with E-state index in [0.29, 0.717) is 34.8 Å². The van der Waals surface area contributed by atoms with Crippen LogP contribution in [0.5, 0.6) is 0 Å². The predicted octanol–water partition coefficient (Wildman–Crippen LogP) is 6.03. The molecule has 2 N–H and O–H groups in total. The van der Waals surface area contributed by atoms with Crippen LogP contribution in [-0.4, -0.2) is 10.8 Å². The third kappa shape index (κ3) is 3.65. The van der Waals surface area contributed by atoms with Gasteiger partial charge in [-0.15, -0.1) is 11.3 Å². The van der Waals surface area contributed by atoms with Gasteiger partial charge in [-0.3, -0.25) is 4.79 Å². The van der Waals surface area contributed by atoms with Crippen LogP contribution in [0, 0.1) is 11.2 Å². The molecule has 0 bridgehead atoms. The monoisotopic (exact) mass is 446 g/mol. The highest BCUT2D eigenvalue weighted by Gasteiger charge is 2.43. The number of ether oxygens (including phenoxy) is 1. The second-order valence-corrected chi connectivity index (χ2v) is 9.90. The van der Waals surface area contributed by atoms with Gasteiger partial charge in [0.05, 0.1) is 11.3 Å². The fraction of sp³-hybridized carbons (Fsp3) is 0.231. The summed E-state index contributed by atoms with van der Waals surface area (Å²) < 4.78 is 19.8. The first-order chi connectivity index (χ1) is 15.3. The third-order valence-electron chi connectivity index (χ3n) is 5.96. The maximum Gasteiger partial charge on any atom is 0.197 e. The average molecular weight is 447 g/mol. The normalized spacial score (nSPS) is 20.2. The molecule has 2 aliphatic rings. The Labute approximate surface area is 190 Å². The summed E-state index contributed by atoms with van der Waals surface area (Å²) in [5, 5.41) is 2.67. The fourth-order valence-corrected chi connectivity index (χ4v) is 5.43. The molecule has 0 spiro atoms. The molecule has 0 unspecified atom stereocenters. The van der Waals surface area contributed by atoms with Crippen molar-refractivity contribution < 1.29 is 13.9 Å². The number of hydrogen-bond donors (Lipinski definition) is 1. The van der Waals surface area contributed by atoms with Gasteiger partial charge in [0.1, 0.15) is 16.6 Å². The molecule has 0 saturated carbocycles. The predicted molar refractivity (Wildman–Crippen MR) is 124 cm³/mol. The molecule has 0 saturated heterocycles. The summed E-state index contributed by atoms with van der Waals surface area (Å²) in [5.74, 6) is 0.123. The van der Waals surface area contributed by atoms with Crippen LogP contribution in [0.1, 0.15) is 43.2 Å². The van der Waals surface area contributed by atoms with Crippen molar-refractivity contribution in [1.29, 1.82) is 0 Å². The number of carbonyl (C=O) groups is 1. The van der Waals surface area contributed by atoms with Crippen molar-refractivity contribution in [3.05, 3.63) is 93.6 Å². The summed E-state index contributed by atoms with van der Waals surface area (Å²) in [6.07, 6.45) is 1.04. The number of nitrogens with zero attached hydrogens (tertiary/aromatic N) is 1. The van der Waals surface area contributed by atoms with Crippen LogP contribution < -0.4 is 5.73 Å². The lowest BCUT2D eigenvalue weighted by molar-refractivity contribution is -0.118. The Hall–Kier alpha value is -3.25. The molecule has 2 heterocycles. The highest BCUT2D eigenvalue weighted by Crippen LogP contribution is 2.51. The molecule has 162 valence electrons. The van der Waals surface area contributed by atoms with Crippen molar-refractivity contribution in [2.75, 3.05) is 0 Å². The van der Waals surface area contributed by atoms with Crippen LogP contribution in [0.4, 0.5) is 4.39 Å². The number of nitrogens with two attached hydrogens (primary N) is 1. The molecule has 1 aliphatic heterocycles. The van der Waals surface area contributed by atoms with Gasteiger partial charge in [-0.1, -0.05) is 56.3 Å². The highest BCUT2D eigenvalue weighted by atomic mass is 32.1. The van der Waals surface area contributed by atoms with Gasteiger partial charge in [-0.05, 0) is 23.1 Å². The van der Waals surface area contributed by atoms with Gasteiger partial charge in [-0.2, -0.15) is 0 Å². The van der Waals surface area contributed by atoms with E-state index in [-0.39, 0.29) is 22.9 Å². The molecule has 4 nitrogen and oxygen atoms in total. The summed E-state index contributed by atoms with van der Waals surface area (Å²) in [5.41, 5.74) is 10.2. The minimum Gasteiger partial charge on any atom is -0.445 e. The summed E-state index contributed by atoms with van der Waals surface area (Å²) in [7, 11) is 0. The van der Waals surface area contributed by atoms with E-state index in [4.69, 9.17) is 15.5 Å². The average Bonchev–Trinajstić information content (AvgIpc) is 3.23. The Balaban J connectivity index is 1.65. The standard InChI is InChI=1S/C26H23FN2O2S/c1-26(2)12-19(30)22-20(13-26)31-24(28)23(21(22)16-8-10-17(27)11-9-16)25-29-18(14-32-25)15-6-4-3-5-7-15/h3-11,14,21H,12-13,28H2,1-2H3/t21-/m1/s1. The van der Waals surface area contributed by atoms with Crippen molar-refractivity contribution in [2.24, 2.45) is 11.1 Å². The Morgan fingerprint density at radius 3 is 2.50 bits per heavy atom. The maximum atomic E-state index is 13.7. The minimum atomic E-state index is -0.447. The molecular weight excluding hydrogens is 423 g/mol. The van der Waals surface area contributed by atoms with Gasteiger partial charge >= 0.3 is 0 Å². The Kier molecular flexibility index (Phi) is 4.97. The minimum absolute atomic E-state index is 0.0374. The number of allylic oxidation sites excluding steroid dienone is 3. The zero-order valence-corrected chi connectivity index (χ0v) is 18.7. The number of benzene rings is 2. The SMILES string of the molecule is CC1(C)CC(=O)C2=C(C1)OC(N)=C(c1nc(-c3ccccc3)cs1)[C@@H]2c1ccc(F)cc1. The second kappa shape index (κ2) is 7.71. The van der Waals surface area contributed by atoms with Crippen LogP contribution >= 0.6 is 11.3 Å². The van der Waals surface area contributed by atoms with E-state index in [9.17, 15) is 9.18 Å². The van der Waals surface area contributed by atoms with E-state index in [1.54, 1.807) is 12.1 Å². The van der Waals surface area contributed by atoms with Gasteiger partial charge in [0, 0.05) is 35.3 Å². The number of halogens is 1. The first kappa shape index (κ1) is 20.6. The third-order valence-corrected chi connectivity index (χ3v) is 6.84. The van der Waals surface area contributed by atoms with E-state index in [1.165, 1.54) is 23.5 Å². The number of Topliss-reactive ketones (excluding diaryl/α,β-unsaturated/α-hetero) is 1. The fourth-order valence-electron chi connectivity index (χ4n) is 4.52. The summed E-state index contributed by atoms with van der Waals surface area (Å²) in [6, 6.07) is 16.1. The van der Waals surface area contributed by atoms with E-state index in [0.717, 1.165) is 16.8 Å². The number of aromatic nitrogens is 1. The number of hydrogen-bond acceptors (Lipinski definition) is 5. The quantitative estimate of drug-likeness (QED) is 0.533. The number of ketones is 1.